The molecule has 0 fully saturated rings. The van der Waals surface area contributed by atoms with Gasteiger partial charge in [0.25, 0.3) is 0 Å². The standard InChI is InChI=1S/C13H15BrO3/c1-10(9-13(15)16)11-5-2-3-6-12(11)17-8-4-7-14/h2-3,5-6,9H,4,7-8H2,1H3,(H,15,16)/b10-9+. The predicted molar refractivity (Wildman–Crippen MR) is 71.6 cm³/mol. The number of carboxylic acid groups (broad SMARTS) is 1. The van der Waals surface area contributed by atoms with E-state index < -0.39 is 5.97 Å². The third-order valence-corrected chi connectivity index (χ3v) is 2.75. The van der Waals surface area contributed by atoms with Gasteiger partial charge < -0.3 is 9.84 Å². The molecule has 0 aromatic heterocycles. The molecule has 1 rings (SSSR count). The Bertz CT molecular complexity index is 413. The maximum atomic E-state index is 10.6. The number of hydrogen-bond donors (Lipinski definition) is 1. The highest BCUT2D eigenvalue weighted by Gasteiger charge is 2.05. The van der Waals surface area contributed by atoms with Crippen molar-refractivity contribution in [1.82, 2.24) is 0 Å². The zero-order valence-corrected chi connectivity index (χ0v) is 11.2. The number of ether oxygens (including phenoxy) is 1. The van der Waals surface area contributed by atoms with Crippen molar-refractivity contribution in [3.63, 3.8) is 0 Å². The molecular weight excluding hydrogens is 284 g/mol. The lowest BCUT2D eigenvalue weighted by atomic mass is 10.1. The van der Waals surface area contributed by atoms with Crippen LogP contribution in [0.1, 0.15) is 18.9 Å². The molecule has 17 heavy (non-hydrogen) atoms. The van der Waals surface area contributed by atoms with Crippen LogP contribution < -0.4 is 4.74 Å². The average molecular weight is 299 g/mol. The molecule has 0 radical (unpaired) electrons. The summed E-state index contributed by atoms with van der Waals surface area (Å²) in [4.78, 5) is 10.6. The number of alkyl halides is 1. The number of carboxylic acids is 1. The van der Waals surface area contributed by atoms with Gasteiger partial charge in [0.1, 0.15) is 5.75 Å². The molecule has 1 aromatic carbocycles. The van der Waals surface area contributed by atoms with Crippen LogP contribution in [0.5, 0.6) is 5.75 Å². The minimum Gasteiger partial charge on any atom is -0.493 e. The number of allylic oxidation sites excluding steroid dienone is 1. The van der Waals surface area contributed by atoms with E-state index in [0.717, 1.165) is 23.1 Å². The van der Waals surface area contributed by atoms with E-state index in [4.69, 9.17) is 9.84 Å². The van der Waals surface area contributed by atoms with Gasteiger partial charge in [0, 0.05) is 17.0 Å². The van der Waals surface area contributed by atoms with E-state index in [-0.39, 0.29) is 0 Å². The number of halogens is 1. The fourth-order valence-corrected chi connectivity index (χ4v) is 1.65. The van der Waals surface area contributed by atoms with Crippen molar-refractivity contribution in [3.05, 3.63) is 35.9 Å². The van der Waals surface area contributed by atoms with Crippen LogP contribution in [0.15, 0.2) is 30.3 Å². The molecule has 92 valence electrons. The maximum Gasteiger partial charge on any atom is 0.328 e. The maximum absolute atomic E-state index is 10.6. The molecule has 0 saturated carbocycles. The van der Waals surface area contributed by atoms with Gasteiger partial charge in [-0.3, -0.25) is 0 Å². The Morgan fingerprint density at radius 3 is 2.82 bits per heavy atom. The Labute approximate surface area is 109 Å². The lowest BCUT2D eigenvalue weighted by Gasteiger charge is -2.10. The molecule has 0 unspecified atom stereocenters. The van der Waals surface area contributed by atoms with E-state index in [1.54, 1.807) is 6.92 Å². The summed E-state index contributed by atoms with van der Waals surface area (Å²) in [6.07, 6.45) is 2.10. The van der Waals surface area contributed by atoms with Crippen LogP contribution in [0.25, 0.3) is 5.57 Å². The fraction of sp³-hybridized carbons (Fsp3) is 0.308. The molecule has 0 spiro atoms. The Morgan fingerprint density at radius 1 is 1.47 bits per heavy atom. The van der Waals surface area contributed by atoms with Gasteiger partial charge >= 0.3 is 5.97 Å². The van der Waals surface area contributed by atoms with E-state index >= 15 is 0 Å². The van der Waals surface area contributed by atoms with Crippen molar-refractivity contribution in [2.45, 2.75) is 13.3 Å². The van der Waals surface area contributed by atoms with E-state index in [1.807, 2.05) is 24.3 Å². The zero-order chi connectivity index (χ0) is 12.7. The van der Waals surface area contributed by atoms with Crippen LogP contribution >= 0.6 is 15.9 Å². The number of rotatable bonds is 6. The third-order valence-electron chi connectivity index (χ3n) is 2.19. The van der Waals surface area contributed by atoms with Gasteiger partial charge in [0.2, 0.25) is 0 Å². The normalized spacial score (nSPS) is 11.3. The topological polar surface area (TPSA) is 46.5 Å². The van der Waals surface area contributed by atoms with Gasteiger partial charge in [0.05, 0.1) is 6.61 Å². The third kappa shape index (κ3) is 4.61. The highest BCUT2D eigenvalue weighted by molar-refractivity contribution is 9.09. The lowest BCUT2D eigenvalue weighted by molar-refractivity contribution is -0.131. The molecule has 3 nitrogen and oxygen atoms in total. The van der Waals surface area contributed by atoms with Gasteiger partial charge in [-0.25, -0.2) is 4.79 Å². The zero-order valence-electron chi connectivity index (χ0n) is 9.65. The second-order valence-corrected chi connectivity index (χ2v) is 4.35. The molecule has 4 heteroatoms. The van der Waals surface area contributed by atoms with Crippen LogP contribution in [0.2, 0.25) is 0 Å². The summed E-state index contributed by atoms with van der Waals surface area (Å²) in [7, 11) is 0. The molecule has 0 saturated heterocycles. The Morgan fingerprint density at radius 2 is 2.18 bits per heavy atom. The lowest BCUT2D eigenvalue weighted by Crippen LogP contribution is -2.00. The number of carbonyl (C=O) groups is 1. The van der Waals surface area contributed by atoms with Gasteiger partial charge in [-0.05, 0) is 25.0 Å². The van der Waals surface area contributed by atoms with E-state index in [1.165, 1.54) is 6.08 Å². The van der Waals surface area contributed by atoms with Crippen molar-refractivity contribution in [1.29, 1.82) is 0 Å². The number of hydrogen-bond acceptors (Lipinski definition) is 2. The second kappa shape index (κ2) is 7.12. The first kappa shape index (κ1) is 13.8. The quantitative estimate of drug-likeness (QED) is 0.498. The van der Waals surface area contributed by atoms with Gasteiger partial charge in [-0.15, -0.1) is 0 Å². The summed E-state index contributed by atoms with van der Waals surface area (Å²) < 4.78 is 5.62. The fourth-order valence-electron chi connectivity index (χ4n) is 1.42. The van der Waals surface area contributed by atoms with E-state index in [2.05, 4.69) is 15.9 Å². The summed E-state index contributed by atoms with van der Waals surface area (Å²) in [6.45, 7) is 2.38. The summed E-state index contributed by atoms with van der Waals surface area (Å²) in [6, 6.07) is 7.45. The molecule has 0 amide bonds. The van der Waals surface area contributed by atoms with Gasteiger partial charge in [-0.1, -0.05) is 34.1 Å². The van der Waals surface area contributed by atoms with Crippen LogP contribution in [0, 0.1) is 0 Å². The molecule has 0 bridgehead atoms. The summed E-state index contributed by atoms with van der Waals surface area (Å²) >= 11 is 3.33. The predicted octanol–water partition coefficient (Wildman–Crippen LogP) is 3.34. The molecule has 1 aromatic rings. The minimum absolute atomic E-state index is 0.614. The summed E-state index contributed by atoms with van der Waals surface area (Å²) in [5.74, 6) is -0.221. The smallest absolute Gasteiger partial charge is 0.328 e. The summed E-state index contributed by atoms with van der Waals surface area (Å²) in [5.41, 5.74) is 1.51. The van der Waals surface area contributed by atoms with Gasteiger partial charge in [0.15, 0.2) is 0 Å². The van der Waals surface area contributed by atoms with E-state index in [0.29, 0.717) is 12.2 Å². The Hall–Kier alpha value is -1.29. The number of para-hydroxylation sites is 1. The Balaban J connectivity index is 2.87. The number of benzene rings is 1. The molecule has 0 aliphatic carbocycles. The van der Waals surface area contributed by atoms with Crippen molar-refractivity contribution >= 4 is 27.5 Å². The Kier molecular flexibility index (Phi) is 5.77. The number of aliphatic carboxylic acids is 1. The van der Waals surface area contributed by atoms with Crippen molar-refractivity contribution in [3.8, 4) is 5.75 Å². The second-order valence-electron chi connectivity index (χ2n) is 3.55. The van der Waals surface area contributed by atoms with Crippen molar-refractivity contribution in [2.75, 3.05) is 11.9 Å². The van der Waals surface area contributed by atoms with Crippen LogP contribution in [0.3, 0.4) is 0 Å². The van der Waals surface area contributed by atoms with Crippen LogP contribution in [-0.4, -0.2) is 23.0 Å². The highest BCUT2D eigenvalue weighted by atomic mass is 79.9. The molecule has 0 aliphatic heterocycles. The minimum atomic E-state index is -0.947. The molecule has 0 heterocycles. The first-order valence-electron chi connectivity index (χ1n) is 5.34. The largest absolute Gasteiger partial charge is 0.493 e. The van der Waals surface area contributed by atoms with Crippen LogP contribution in [0.4, 0.5) is 0 Å². The molecule has 0 atom stereocenters. The molecular formula is C13H15BrO3. The van der Waals surface area contributed by atoms with Crippen molar-refractivity contribution < 1.29 is 14.6 Å². The van der Waals surface area contributed by atoms with Crippen LogP contribution in [-0.2, 0) is 4.79 Å². The monoisotopic (exact) mass is 298 g/mol. The molecule has 1 N–H and O–H groups in total. The van der Waals surface area contributed by atoms with Gasteiger partial charge in [-0.2, -0.15) is 0 Å². The highest BCUT2D eigenvalue weighted by Crippen LogP contribution is 2.25. The first-order chi connectivity index (χ1) is 8.15. The molecule has 0 aliphatic rings. The average Bonchev–Trinajstić information content (AvgIpc) is 2.29. The SMILES string of the molecule is C/C(=C\C(=O)O)c1ccccc1OCCCBr. The van der Waals surface area contributed by atoms with Crippen molar-refractivity contribution in [2.24, 2.45) is 0 Å². The first-order valence-corrected chi connectivity index (χ1v) is 6.46. The summed E-state index contributed by atoms with van der Waals surface area (Å²) in [5, 5.41) is 9.61. The van der Waals surface area contributed by atoms with E-state index in [9.17, 15) is 4.79 Å².